The van der Waals surface area contributed by atoms with Gasteiger partial charge in [-0.3, -0.25) is 14.0 Å². The van der Waals surface area contributed by atoms with Gasteiger partial charge >= 0.3 is 0 Å². The summed E-state index contributed by atoms with van der Waals surface area (Å²) in [6, 6.07) is 3.83. The Balaban J connectivity index is 2.72. The zero-order chi connectivity index (χ0) is 15.8. The first-order valence-electron chi connectivity index (χ1n) is 7.29. The maximum Gasteiger partial charge on any atom is 0.272 e. The van der Waals surface area contributed by atoms with E-state index >= 15 is 0 Å². The molecule has 118 valence electrons. The summed E-state index contributed by atoms with van der Waals surface area (Å²) >= 11 is 0. The highest BCUT2D eigenvalue weighted by Gasteiger charge is 2.14. The molecule has 0 aliphatic rings. The molecule has 1 amide bonds. The monoisotopic (exact) mass is 311 g/mol. The quantitative estimate of drug-likeness (QED) is 0.799. The van der Waals surface area contributed by atoms with Gasteiger partial charge in [0, 0.05) is 53.8 Å². The largest absolute Gasteiger partial charge is 0.382 e. The van der Waals surface area contributed by atoms with Crippen molar-refractivity contribution in [2.45, 2.75) is 33.2 Å². The standard InChI is InChI=1S/C15H25N3O2S/c1-5-18(6-2)15(19)14-11-13(7-9-16-14)17-12(3)8-10-21(4)20/h7,9,11-12H,5-6,8,10H2,1-4H3,(H,16,17). The molecule has 0 radical (unpaired) electrons. The Labute approximate surface area is 129 Å². The molecule has 1 aromatic rings. The molecule has 1 aromatic heterocycles. The van der Waals surface area contributed by atoms with Crippen LogP contribution in [-0.2, 0) is 10.8 Å². The second-order valence-electron chi connectivity index (χ2n) is 5.02. The molecule has 0 fully saturated rings. The maximum absolute atomic E-state index is 12.3. The lowest BCUT2D eigenvalue weighted by atomic mass is 10.2. The van der Waals surface area contributed by atoms with Crippen LogP contribution in [0.5, 0.6) is 0 Å². The van der Waals surface area contributed by atoms with Crippen LogP contribution >= 0.6 is 0 Å². The number of nitrogens with zero attached hydrogens (tertiary/aromatic N) is 2. The van der Waals surface area contributed by atoms with E-state index in [2.05, 4.69) is 10.3 Å². The molecule has 1 rings (SSSR count). The Morgan fingerprint density at radius 2 is 2.10 bits per heavy atom. The Morgan fingerprint density at radius 3 is 2.67 bits per heavy atom. The SMILES string of the molecule is CCN(CC)C(=O)c1cc(NC(C)CCS(C)=O)ccn1. The van der Waals surface area contributed by atoms with Crippen molar-refractivity contribution in [2.24, 2.45) is 0 Å². The first-order chi connectivity index (χ1) is 9.97. The van der Waals surface area contributed by atoms with E-state index in [4.69, 9.17) is 0 Å². The van der Waals surface area contributed by atoms with E-state index < -0.39 is 10.8 Å². The molecular formula is C15H25N3O2S. The number of hydrogen-bond acceptors (Lipinski definition) is 4. The number of anilines is 1. The molecule has 0 aromatic carbocycles. The summed E-state index contributed by atoms with van der Waals surface area (Å²) < 4.78 is 11.1. The van der Waals surface area contributed by atoms with Crippen LogP contribution in [0.1, 0.15) is 37.7 Å². The minimum atomic E-state index is -0.778. The minimum Gasteiger partial charge on any atom is -0.382 e. The van der Waals surface area contributed by atoms with Crippen molar-refractivity contribution in [1.29, 1.82) is 0 Å². The molecule has 0 spiro atoms. The summed E-state index contributed by atoms with van der Waals surface area (Å²) in [5, 5.41) is 3.32. The lowest BCUT2D eigenvalue weighted by Gasteiger charge is -2.19. The van der Waals surface area contributed by atoms with Crippen molar-refractivity contribution in [3.05, 3.63) is 24.0 Å². The average Bonchev–Trinajstić information content (AvgIpc) is 2.46. The normalized spacial score (nSPS) is 13.5. The fourth-order valence-electron chi connectivity index (χ4n) is 2.01. The fraction of sp³-hybridized carbons (Fsp3) is 0.600. The number of pyridine rings is 1. The first-order valence-corrected chi connectivity index (χ1v) is 9.02. The van der Waals surface area contributed by atoms with Crippen LogP contribution in [0.4, 0.5) is 5.69 Å². The zero-order valence-corrected chi connectivity index (χ0v) is 14.1. The third kappa shape index (κ3) is 5.83. The molecule has 0 aliphatic heterocycles. The highest BCUT2D eigenvalue weighted by Crippen LogP contribution is 2.12. The van der Waals surface area contributed by atoms with Gasteiger partial charge in [-0.15, -0.1) is 0 Å². The van der Waals surface area contributed by atoms with Crippen molar-refractivity contribution in [1.82, 2.24) is 9.88 Å². The van der Waals surface area contributed by atoms with Crippen LogP contribution < -0.4 is 5.32 Å². The zero-order valence-electron chi connectivity index (χ0n) is 13.3. The number of carbonyl (C=O) groups is 1. The predicted octanol–water partition coefficient (Wildman–Crippen LogP) is 2.13. The summed E-state index contributed by atoms with van der Waals surface area (Å²) in [4.78, 5) is 18.2. The van der Waals surface area contributed by atoms with Crippen LogP contribution in [0.25, 0.3) is 0 Å². The number of carbonyl (C=O) groups excluding carboxylic acids is 1. The van der Waals surface area contributed by atoms with Crippen LogP contribution in [-0.4, -0.2) is 51.1 Å². The van der Waals surface area contributed by atoms with Crippen LogP contribution in [0.2, 0.25) is 0 Å². The number of amides is 1. The second-order valence-corrected chi connectivity index (χ2v) is 6.57. The van der Waals surface area contributed by atoms with Gasteiger partial charge in [0.2, 0.25) is 0 Å². The third-order valence-corrected chi connectivity index (χ3v) is 4.09. The summed E-state index contributed by atoms with van der Waals surface area (Å²) in [7, 11) is -0.778. The van der Waals surface area contributed by atoms with Gasteiger partial charge in [-0.05, 0) is 39.3 Å². The van der Waals surface area contributed by atoms with E-state index in [1.54, 1.807) is 23.4 Å². The highest BCUT2D eigenvalue weighted by molar-refractivity contribution is 7.84. The van der Waals surface area contributed by atoms with E-state index in [9.17, 15) is 9.00 Å². The van der Waals surface area contributed by atoms with Gasteiger partial charge in [0.25, 0.3) is 5.91 Å². The van der Waals surface area contributed by atoms with Crippen molar-refractivity contribution < 1.29 is 9.00 Å². The third-order valence-electron chi connectivity index (χ3n) is 3.28. The molecule has 0 saturated heterocycles. The van der Waals surface area contributed by atoms with E-state index in [1.807, 2.05) is 26.8 Å². The topological polar surface area (TPSA) is 62.3 Å². The minimum absolute atomic E-state index is 0.0500. The number of nitrogens with one attached hydrogen (secondary N) is 1. The molecule has 6 heteroatoms. The van der Waals surface area contributed by atoms with E-state index in [1.165, 1.54) is 0 Å². The highest BCUT2D eigenvalue weighted by atomic mass is 32.2. The van der Waals surface area contributed by atoms with Gasteiger partial charge in [-0.1, -0.05) is 0 Å². The van der Waals surface area contributed by atoms with Crippen molar-refractivity contribution in [2.75, 3.05) is 30.4 Å². The molecule has 0 saturated carbocycles. The van der Waals surface area contributed by atoms with Crippen LogP contribution in [0.3, 0.4) is 0 Å². The Hall–Kier alpha value is -1.43. The molecule has 0 bridgehead atoms. The summed E-state index contributed by atoms with van der Waals surface area (Å²) in [5.74, 6) is 0.621. The van der Waals surface area contributed by atoms with Gasteiger partial charge in [0.1, 0.15) is 5.69 Å². The fourth-order valence-corrected chi connectivity index (χ4v) is 2.70. The number of hydrogen-bond donors (Lipinski definition) is 1. The van der Waals surface area contributed by atoms with Gasteiger partial charge in [0.05, 0.1) is 0 Å². The summed E-state index contributed by atoms with van der Waals surface area (Å²) in [6.07, 6.45) is 4.18. The van der Waals surface area contributed by atoms with Gasteiger partial charge < -0.3 is 10.2 Å². The Morgan fingerprint density at radius 1 is 1.43 bits per heavy atom. The summed E-state index contributed by atoms with van der Waals surface area (Å²) in [6.45, 7) is 7.30. The first kappa shape index (κ1) is 17.6. The molecule has 5 nitrogen and oxygen atoms in total. The molecule has 2 unspecified atom stereocenters. The Bertz CT molecular complexity index is 490. The number of rotatable bonds is 8. The predicted molar refractivity (Wildman–Crippen MR) is 88.1 cm³/mol. The van der Waals surface area contributed by atoms with Gasteiger partial charge in [-0.2, -0.15) is 0 Å². The molecule has 0 aliphatic carbocycles. The lowest BCUT2D eigenvalue weighted by molar-refractivity contribution is 0.0767. The number of aromatic nitrogens is 1. The molecule has 2 atom stereocenters. The van der Waals surface area contributed by atoms with E-state index in [0.29, 0.717) is 24.5 Å². The van der Waals surface area contributed by atoms with Crippen molar-refractivity contribution >= 4 is 22.4 Å². The molecular weight excluding hydrogens is 286 g/mol. The molecule has 21 heavy (non-hydrogen) atoms. The maximum atomic E-state index is 12.3. The molecule has 1 heterocycles. The Kier molecular flexibility index (Phi) is 7.36. The van der Waals surface area contributed by atoms with Gasteiger partial charge in [0.15, 0.2) is 0 Å². The lowest BCUT2D eigenvalue weighted by Crippen LogP contribution is -2.31. The average molecular weight is 311 g/mol. The van der Waals surface area contributed by atoms with Crippen LogP contribution in [0.15, 0.2) is 18.3 Å². The van der Waals surface area contributed by atoms with Crippen LogP contribution in [0, 0.1) is 0 Å². The molecule has 1 N–H and O–H groups in total. The van der Waals surface area contributed by atoms with Crippen molar-refractivity contribution in [3.8, 4) is 0 Å². The van der Waals surface area contributed by atoms with E-state index in [-0.39, 0.29) is 11.9 Å². The smallest absolute Gasteiger partial charge is 0.272 e. The van der Waals surface area contributed by atoms with E-state index in [0.717, 1.165) is 12.1 Å². The van der Waals surface area contributed by atoms with Gasteiger partial charge in [-0.25, -0.2) is 0 Å². The van der Waals surface area contributed by atoms with Crippen molar-refractivity contribution in [3.63, 3.8) is 0 Å². The summed E-state index contributed by atoms with van der Waals surface area (Å²) in [5.41, 5.74) is 1.32. The second kappa shape index (κ2) is 8.77.